The van der Waals surface area contributed by atoms with Crippen LogP contribution in [-0.2, 0) is 0 Å². The zero-order valence-corrected chi connectivity index (χ0v) is 14.2. The van der Waals surface area contributed by atoms with Crippen LogP contribution in [0.2, 0.25) is 5.02 Å². The molecule has 5 rings (SSSR count). The first-order valence-electron chi connectivity index (χ1n) is 8.48. The molecule has 4 nitrogen and oxygen atoms in total. The molecule has 0 saturated heterocycles. The SMILES string of the molecule is COc1ccc(NC(=O)NC23CC4CC(CC(C4)C2)C3)cc1Cl. The Balaban J connectivity index is 1.43. The van der Waals surface area contributed by atoms with Gasteiger partial charge in [0.2, 0.25) is 0 Å². The number of amides is 2. The van der Waals surface area contributed by atoms with Crippen molar-refractivity contribution < 1.29 is 9.53 Å². The summed E-state index contributed by atoms with van der Waals surface area (Å²) in [5.41, 5.74) is 0.716. The van der Waals surface area contributed by atoms with E-state index in [4.69, 9.17) is 16.3 Å². The van der Waals surface area contributed by atoms with Gasteiger partial charge >= 0.3 is 6.03 Å². The molecule has 0 aromatic heterocycles. The number of anilines is 1. The standard InChI is InChI=1S/C18H23ClN2O2/c1-23-16-3-2-14(7-15(16)19)20-17(22)21-18-8-11-4-12(9-18)6-13(5-11)10-18/h2-3,7,11-13H,4-6,8-10H2,1H3,(H2,20,21,22). The van der Waals surface area contributed by atoms with Gasteiger partial charge in [-0.1, -0.05) is 11.6 Å². The molecule has 124 valence electrons. The smallest absolute Gasteiger partial charge is 0.319 e. The monoisotopic (exact) mass is 334 g/mol. The van der Waals surface area contributed by atoms with Crippen LogP contribution < -0.4 is 15.4 Å². The maximum atomic E-state index is 12.5. The Morgan fingerprint density at radius 2 is 1.78 bits per heavy atom. The predicted octanol–water partition coefficient (Wildman–Crippen LogP) is 4.44. The molecular weight excluding hydrogens is 312 g/mol. The topological polar surface area (TPSA) is 50.4 Å². The van der Waals surface area contributed by atoms with Crippen LogP contribution in [0.4, 0.5) is 10.5 Å². The van der Waals surface area contributed by atoms with Gasteiger partial charge in [-0.05, 0) is 74.5 Å². The van der Waals surface area contributed by atoms with E-state index < -0.39 is 0 Å². The molecule has 2 amide bonds. The van der Waals surface area contributed by atoms with Crippen LogP contribution in [0.1, 0.15) is 38.5 Å². The Morgan fingerprint density at radius 1 is 1.17 bits per heavy atom. The lowest BCUT2D eigenvalue weighted by Crippen LogP contribution is -2.60. The van der Waals surface area contributed by atoms with Crippen molar-refractivity contribution in [1.82, 2.24) is 5.32 Å². The molecule has 2 N–H and O–H groups in total. The number of benzene rings is 1. The van der Waals surface area contributed by atoms with Gasteiger partial charge in [-0.15, -0.1) is 0 Å². The van der Waals surface area contributed by atoms with E-state index >= 15 is 0 Å². The third kappa shape index (κ3) is 2.89. The summed E-state index contributed by atoms with van der Waals surface area (Å²) >= 11 is 6.12. The van der Waals surface area contributed by atoms with Gasteiger partial charge in [0.15, 0.2) is 0 Å². The van der Waals surface area contributed by atoms with Crippen LogP contribution in [-0.4, -0.2) is 18.7 Å². The lowest BCUT2D eigenvalue weighted by atomic mass is 9.53. The summed E-state index contributed by atoms with van der Waals surface area (Å²) in [5.74, 6) is 3.06. The zero-order chi connectivity index (χ0) is 16.0. The number of rotatable bonds is 3. The molecule has 4 aliphatic rings. The van der Waals surface area contributed by atoms with Gasteiger partial charge in [0.25, 0.3) is 0 Å². The summed E-state index contributed by atoms with van der Waals surface area (Å²) in [5, 5.41) is 6.72. The van der Waals surface area contributed by atoms with E-state index in [2.05, 4.69) is 10.6 Å². The van der Waals surface area contributed by atoms with Crippen LogP contribution in [0.3, 0.4) is 0 Å². The number of urea groups is 1. The molecule has 4 fully saturated rings. The number of hydrogen-bond acceptors (Lipinski definition) is 2. The molecule has 0 heterocycles. The molecule has 0 aliphatic heterocycles. The van der Waals surface area contributed by atoms with Gasteiger partial charge in [0, 0.05) is 11.2 Å². The molecule has 1 aromatic rings. The third-order valence-corrected chi connectivity index (χ3v) is 6.12. The van der Waals surface area contributed by atoms with E-state index in [1.165, 1.54) is 19.3 Å². The lowest BCUT2D eigenvalue weighted by Gasteiger charge is -2.56. The quantitative estimate of drug-likeness (QED) is 0.858. The minimum atomic E-state index is -0.117. The number of methoxy groups -OCH3 is 1. The Labute approximate surface area is 141 Å². The Hall–Kier alpha value is -1.42. The van der Waals surface area contributed by atoms with Crippen molar-refractivity contribution in [3.63, 3.8) is 0 Å². The summed E-state index contributed by atoms with van der Waals surface area (Å²) < 4.78 is 5.14. The highest BCUT2D eigenvalue weighted by molar-refractivity contribution is 6.32. The molecular formula is C18H23ClN2O2. The van der Waals surface area contributed by atoms with Crippen LogP contribution in [0.15, 0.2) is 18.2 Å². The summed E-state index contributed by atoms with van der Waals surface area (Å²) in [7, 11) is 1.58. The van der Waals surface area contributed by atoms with Crippen molar-refractivity contribution in [1.29, 1.82) is 0 Å². The fourth-order valence-electron chi connectivity index (χ4n) is 5.41. The first-order chi connectivity index (χ1) is 11.0. The number of hydrogen-bond donors (Lipinski definition) is 2. The maximum Gasteiger partial charge on any atom is 0.319 e. The van der Waals surface area contributed by atoms with Crippen molar-refractivity contribution in [3.8, 4) is 5.75 Å². The van der Waals surface area contributed by atoms with E-state index in [1.807, 2.05) is 6.07 Å². The second-order valence-electron chi connectivity index (χ2n) is 7.63. The summed E-state index contributed by atoms with van der Waals surface area (Å²) in [6.07, 6.45) is 7.56. The van der Waals surface area contributed by atoms with Crippen LogP contribution in [0, 0.1) is 17.8 Å². The summed E-state index contributed by atoms with van der Waals surface area (Å²) in [6.45, 7) is 0. The minimum Gasteiger partial charge on any atom is -0.495 e. The molecule has 0 radical (unpaired) electrons. The summed E-state index contributed by atoms with van der Waals surface area (Å²) in [4.78, 5) is 12.5. The highest BCUT2D eigenvalue weighted by Gasteiger charge is 2.51. The Bertz CT molecular complexity index is 596. The number of halogens is 1. The van der Waals surface area contributed by atoms with E-state index in [0.29, 0.717) is 16.5 Å². The lowest BCUT2D eigenvalue weighted by molar-refractivity contribution is -0.0127. The second kappa shape index (κ2) is 5.59. The average molecular weight is 335 g/mol. The molecule has 4 aliphatic carbocycles. The van der Waals surface area contributed by atoms with Crippen LogP contribution >= 0.6 is 11.6 Å². The van der Waals surface area contributed by atoms with Gasteiger partial charge in [-0.2, -0.15) is 0 Å². The van der Waals surface area contributed by atoms with Gasteiger partial charge in [-0.25, -0.2) is 4.79 Å². The second-order valence-corrected chi connectivity index (χ2v) is 8.03. The van der Waals surface area contributed by atoms with Crippen molar-refractivity contribution in [2.45, 2.75) is 44.1 Å². The number of ether oxygens (including phenoxy) is 1. The zero-order valence-electron chi connectivity index (χ0n) is 13.4. The molecule has 4 saturated carbocycles. The minimum absolute atomic E-state index is 0.0229. The molecule has 23 heavy (non-hydrogen) atoms. The fourth-order valence-corrected chi connectivity index (χ4v) is 5.67. The van der Waals surface area contributed by atoms with Gasteiger partial charge in [0.1, 0.15) is 5.75 Å². The van der Waals surface area contributed by atoms with Crippen LogP contribution in [0.25, 0.3) is 0 Å². The fraction of sp³-hybridized carbons (Fsp3) is 0.611. The number of carbonyl (C=O) groups excluding carboxylic acids is 1. The normalized spacial score (nSPS) is 34.3. The first-order valence-corrected chi connectivity index (χ1v) is 8.86. The summed E-state index contributed by atoms with van der Waals surface area (Å²) in [6, 6.07) is 5.18. The van der Waals surface area contributed by atoms with Crippen molar-refractivity contribution in [3.05, 3.63) is 23.2 Å². The Kier molecular flexibility index (Phi) is 3.67. The van der Waals surface area contributed by atoms with E-state index in [0.717, 1.165) is 37.0 Å². The van der Waals surface area contributed by atoms with Gasteiger partial charge in [-0.3, -0.25) is 0 Å². The van der Waals surface area contributed by atoms with E-state index in [1.54, 1.807) is 19.2 Å². The molecule has 0 unspecified atom stereocenters. The molecule has 0 spiro atoms. The van der Waals surface area contributed by atoms with E-state index in [-0.39, 0.29) is 11.6 Å². The van der Waals surface area contributed by atoms with Crippen molar-refractivity contribution >= 4 is 23.3 Å². The maximum absolute atomic E-state index is 12.5. The Morgan fingerprint density at radius 3 is 2.30 bits per heavy atom. The molecule has 0 atom stereocenters. The highest BCUT2D eigenvalue weighted by atomic mass is 35.5. The number of nitrogens with one attached hydrogen (secondary N) is 2. The highest BCUT2D eigenvalue weighted by Crippen LogP contribution is 2.55. The third-order valence-electron chi connectivity index (χ3n) is 5.83. The van der Waals surface area contributed by atoms with Gasteiger partial charge in [0.05, 0.1) is 12.1 Å². The van der Waals surface area contributed by atoms with Gasteiger partial charge < -0.3 is 15.4 Å². The van der Waals surface area contributed by atoms with Crippen molar-refractivity contribution in [2.75, 3.05) is 12.4 Å². The van der Waals surface area contributed by atoms with Crippen LogP contribution in [0.5, 0.6) is 5.75 Å². The number of carbonyl (C=O) groups is 1. The first kappa shape index (κ1) is 15.1. The van der Waals surface area contributed by atoms with E-state index in [9.17, 15) is 4.79 Å². The van der Waals surface area contributed by atoms with Crippen molar-refractivity contribution in [2.24, 2.45) is 17.8 Å². The molecule has 1 aromatic carbocycles. The predicted molar refractivity (Wildman–Crippen MR) is 91.1 cm³/mol. The average Bonchev–Trinajstić information content (AvgIpc) is 2.45. The molecule has 4 bridgehead atoms. The largest absolute Gasteiger partial charge is 0.495 e. The molecule has 5 heteroatoms.